The topological polar surface area (TPSA) is 77.8 Å². The van der Waals surface area contributed by atoms with E-state index >= 15 is 0 Å². The molecule has 2 heterocycles. The summed E-state index contributed by atoms with van der Waals surface area (Å²) in [6.07, 6.45) is 2.82. The van der Waals surface area contributed by atoms with Crippen LogP contribution in [0, 0.1) is 5.92 Å². The number of ether oxygens (including phenoxy) is 2. The lowest BCUT2D eigenvalue weighted by molar-refractivity contribution is 0.0949. The summed E-state index contributed by atoms with van der Waals surface area (Å²) in [5.74, 6) is 2.20. The number of hydrogen-bond donors (Lipinski definition) is 1. The van der Waals surface area contributed by atoms with Crippen molar-refractivity contribution in [2.45, 2.75) is 26.8 Å². The monoisotopic (exact) mass is 368 g/mol. The van der Waals surface area contributed by atoms with Crippen molar-refractivity contribution in [1.82, 2.24) is 19.9 Å². The fourth-order valence-corrected chi connectivity index (χ4v) is 2.61. The molecule has 0 saturated heterocycles. The maximum atomic E-state index is 12.5. The van der Waals surface area contributed by atoms with Crippen LogP contribution >= 0.6 is 0 Å². The molecule has 2 aromatic heterocycles. The van der Waals surface area contributed by atoms with Crippen LogP contribution in [-0.4, -0.2) is 34.2 Å². The Kier molecular flexibility index (Phi) is 5.90. The lowest BCUT2D eigenvalue weighted by Gasteiger charge is -2.13. The van der Waals surface area contributed by atoms with Gasteiger partial charge < -0.3 is 14.8 Å². The van der Waals surface area contributed by atoms with Crippen molar-refractivity contribution in [3.8, 4) is 11.5 Å². The first-order valence-electron chi connectivity index (χ1n) is 8.96. The summed E-state index contributed by atoms with van der Waals surface area (Å²) in [6.45, 7) is 5.18. The highest BCUT2D eigenvalue weighted by Crippen LogP contribution is 2.28. The highest BCUT2D eigenvalue weighted by molar-refractivity contribution is 5.94. The molecule has 1 N–H and O–H groups in total. The Morgan fingerprint density at radius 3 is 2.81 bits per heavy atom. The number of aromatic nitrogens is 3. The number of amides is 1. The van der Waals surface area contributed by atoms with E-state index in [4.69, 9.17) is 9.47 Å². The molecular weight excluding hydrogens is 344 g/mol. The number of nitrogens with zero attached hydrogens (tertiary/aromatic N) is 3. The summed E-state index contributed by atoms with van der Waals surface area (Å²) >= 11 is 0. The van der Waals surface area contributed by atoms with Crippen molar-refractivity contribution in [2.24, 2.45) is 5.92 Å². The van der Waals surface area contributed by atoms with E-state index in [1.165, 1.54) is 0 Å². The standard InChI is InChI=1S/C20H24N4O3/c1-14(2)9-11-27-16-8-7-15(12-17(16)26-3)20(25)21-13-19-23-22-18-6-4-5-10-24(18)19/h4-8,10,12,14H,9,11,13H2,1-3H3,(H,21,25). The van der Waals surface area contributed by atoms with Gasteiger partial charge in [0, 0.05) is 11.8 Å². The van der Waals surface area contributed by atoms with Gasteiger partial charge in [0.25, 0.3) is 5.91 Å². The SMILES string of the molecule is COc1cc(C(=O)NCc2nnc3ccccn23)ccc1OCCC(C)C. The normalized spacial score (nSPS) is 11.0. The van der Waals surface area contributed by atoms with E-state index < -0.39 is 0 Å². The molecule has 0 aliphatic rings. The highest BCUT2D eigenvalue weighted by atomic mass is 16.5. The highest BCUT2D eigenvalue weighted by Gasteiger charge is 2.13. The molecule has 0 aliphatic carbocycles. The molecule has 0 radical (unpaired) electrons. The molecule has 1 amide bonds. The second-order valence-corrected chi connectivity index (χ2v) is 6.62. The second-order valence-electron chi connectivity index (χ2n) is 6.62. The Morgan fingerprint density at radius 2 is 2.04 bits per heavy atom. The first-order chi connectivity index (χ1) is 13.1. The number of fused-ring (bicyclic) bond motifs is 1. The first-order valence-corrected chi connectivity index (χ1v) is 8.96. The third kappa shape index (κ3) is 4.55. The van der Waals surface area contributed by atoms with E-state index in [2.05, 4.69) is 29.4 Å². The summed E-state index contributed by atoms with van der Waals surface area (Å²) in [4.78, 5) is 12.5. The van der Waals surface area contributed by atoms with Crippen LogP contribution in [0.5, 0.6) is 11.5 Å². The van der Waals surface area contributed by atoms with Gasteiger partial charge in [-0.2, -0.15) is 0 Å². The van der Waals surface area contributed by atoms with Crippen LogP contribution in [0.15, 0.2) is 42.6 Å². The summed E-state index contributed by atoms with van der Waals surface area (Å²) < 4.78 is 13.0. The van der Waals surface area contributed by atoms with Gasteiger partial charge in [-0.25, -0.2) is 0 Å². The molecule has 0 fully saturated rings. The van der Waals surface area contributed by atoms with Crippen LogP contribution < -0.4 is 14.8 Å². The van der Waals surface area contributed by atoms with Crippen LogP contribution in [0.25, 0.3) is 5.65 Å². The van der Waals surface area contributed by atoms with E-state index in [1.807, 2.05) is 28.8 Å². The molecule has 0 bridgehead atoms. The number of benzene rings is 1. The maximum absolute atomic E-state index is 12.5. The van der Waals surface area contributed by atoms with Gasteiger partial charge in [-0.3, -0.25) is 9.20 Å². The van der Waals surface area contributed by atoms with E-state index in [-0.39, 0.29) is 12.5 Å². The van der Waals surface area contributed by atoms with Crippen LogP contribution in [0.4, 0.5) is 0 Å². The average molecular weight is 368 g/mol. The van der Waals surface area contributed by atoms with Gasteiger partial charge >= 0.3 is 0 Å². The molecule has 27 heavy (non-hydrogen) atoms. The summed E-state index contributed by atoms with van der Waals surface area (Å²) in [5.41, 5.74) is 1.24. The van der Waals surface area contributed by atoms with Crippen molar-refractivity contribution in [3.63, 3.8) is 0 Å². The van der Waals surface area contributed by atoms with Gasteiger partial charge in [-0.15, -0.1) is 10.2 Å². The molecule has 0 aliphatic heterocycles. The van der Waals surface area contributed by atoms with Crippen molar-refractivity contribution < 1.29 is 14.3 Å². The molecule has 0 atom stereocenters. The number of pyridine rings is 1. The zero-order chi connectivity index (χ0) is 19.2. The molecule has 0 spiro atoms. The molecule has 7 nitrogen and oxygen atoms in total. The quantitative estimate of drug-likeness (QED) is 0.661. The van der Waals surface area contributed by atoms with Gasteiger partial charge in [0.05, 0.1) is 20.3 Å². The molecule has 7 heteroatoms. The van der Waals surface area contributed by atoms with Gasteiger partial charge in [0.2, 0.25) is 0 Å². The molecular formula is C20H24N4O3. The molecule has 0 saturated carbocycles. The van der Waals surface area contributed by atoms with Crippen molar-refractivity contribution >= 4 is 11.6 Å². The Hall–Kier alpha value is -3.09. The molecule has 142 valence electrons. The van der Waals surface area contributed by atoms with E-state index in [1.54, 1.807) is 25.3 Å². The third-order valence-electron chi connectivity index (χ3n) is 4.17. The summed E-state index contributed by atoms with van der Waals surface area (Å²) in [5, 5.41) is 11.0. The van der Waals surface area contributed by atoms with Crippen molar-refractivity contribution in [2.75, 3.05) is 13.7 Å². The predicted octanol–water partition coefficient (Wildman–Crippen LogP) is 3.09. The van der Waals surface area contributed by atoms with Crippen molar-refractivity contribution in [3.05, 3.63) is 54.0 Å². The molecule has 3 aromatic rings. The molecule has 3 rings (SSSR count). The minimum absolute atomic E-state index is 0.213. The van der Waals surface area contributed by atoms with Gasteiger partial charge in [0.15, 0.2) is 23.0 Å². The lowest BCUT2D eigenvalue weighted by Crippen LogP contribution is -2.24. The molecule has 1 aromatic carbocycles. The lowest BCUT2D eigenvalue weighted by atomic mass is 10.1. The van der Waals surface area contributed by atoms with E-state index in [0.29, 0.717) is 35.4 Å². The number of nitrogens with one attached hydrogen (secondary N) is 1. The minimum atomic E-state index is -0.213. The maximum Gasteiger partial charge on any atom is 0.251 e. The van der Waals surface area contributed by atoms with Crippen LogP contribution in [-0.2, 0) is 6.54 Å². The fraction of sp³-hybridized carbons (Fsp3) is 0.350. The average Bonchev–Trinajstić information content (AvgIpc) is 3.09. The zero-order valence-corrected chi connectivity index (χ0v) is 15.8. The zero-order valence-electron chi connectivity index (χ0n) is 15.8. The summed E-state index contributed by atoms with van der Waals surface area (Å²) in [6, 6.07) is 10.8. The minimum Gasteiger partial charge on any atom is -0.493 e. The fourth-order valence-electron chi connectivity index (χ4n) is 2.61. The number of rotatable bonds is 8. The smallest absolute Gasteiger partial charge is 0.251 e. The Bertz CT molecular complexity index is 920. The van der Waals surface area contributed by atoms with E-state index in [0.717, 1.165) is 12.1 Å². The van der Waals surface area contributed by atoms with Crippen molar-refractivity contribution in [1.29, 1.82) is 0 Å². The Balaban J connectivity index is 1.65. The number of carbonyl (C=O) groups excluding carboxylic acids is 1. The van der Waals surface area contributed by atoms with Gasteiger partial charge in [-0.05, 0) is 42.7 Å². The number of methoxy groups -OCH3 is 1. The largest absolute Gasteiger partial charge is 0.493 e. The van der Waals surface area contributed by atoms with Crippen LogP contribution in [0.3, 0.4) is 0 Å². The predicted molar refractivity (Wildman–Crippen MR) is 102 cm³/mol. The van der Waals surface area contributed by atoms with Crippen LogP contribution in [0.2, 0.25) is 0 Å². The Morgan fingerprint density at radius 1 is 1.19 bits per heavy atom. The number of hydrogen-bond acceptors (Lipinski definition) is 5. The van der Waals surface area contributed by atoms with Gasteiger partial charge in [0.1, 0.15) is 0 Å². The van der Waals surface area contributed by atoms with E-state index in [9.17, 15) is 4.79 Å². The molecule has 0 unspecified atom stereocenters. The number of carbonyl (C=O) groups is 1. The second kappa shape index (κ2) is 8.53. The summed E-state index contributed by atoms with van der Waals surface area (Å²) in [7, 11) is 1.56. The van der Waals surface area contributed by atoms with Gasteiger partial charge in [-0.1, -0.05) is 19.9 Å². The Labute approximate surface area is 158 Å². The third-order valence-corrected chi connectivity index (χ3v) is 4.17. The van der Waals surface area contributed by atoms with Crippen LogP contribution in [0.1, 0.15) is 36.5 Å². The first kappa shape index (κ1) is 18.7.